The molecule has 1 saturated heterocycles. The Labute approximate surface area is 159 Å². The smallest absolute Gasteiger partial charge is 0.167 e. The number of aryl methyl sites for hydroxylation is 1. The number of nitrogens with one attached hydrogen (secondary N) is 1. The van der Waals surface area contributed by atoms with Gasteiger partial charge >= 0.3 is 0 Å². The molecule has 3 aromatic rings. The van der Waals surface area contributed by atoms with E-state index in [-0.39, 0.29) is 24.9 Å². The van der Waals surface area contributed by atoms with E-state index in [1.807, 2.05) is 13.8 Å². The Kier molecular flexibility index (Phi) is 4.60. The van der Waals surface area contributed by atoms with Gasteiger partial charge in [-0.2, -0.15) is 5.10 Å². The fraction of sp³-hybridized carbons (Fsp3) is 0.421. The molecule has 1 fully saturated rings. The van der Waals surface area contributed by atoms with Crippen molar-refractivity contribution >= 4 is 16.7 Å². The van der Waals surface area contributed by atoms with E-state index >= 15 is 0 Å². The highest BCUT2D eigenvalue weighted by atomic mass is 19.2. The molecule has 0 saturated carbocycles. The Morgan fingerprint density at radius 3 is 2.57 bits per heavy atom. The number of halogens is 3. The van der Waals surface area contributed by atoms with Crippen molar-refractivity contribution in [3.05, 3.63) is 29.8 Å². The van der Waals surface area contributed by atoms with Crippen LogP contribution < -0.4 is 9.64 Å². The van der Waals surface area contributed by atoms with Crippen LogP contribution in [0.5, 0.6) is 5.75 Å². The average Bonchev–Trinajstić information content (AvgIpc) is 3.22. The van der Waals surface area contributed by atoms with Gasteiger partial charge in [0, 0.05) is 23.1 Å². The minimum Gasteiger partial charge on any atom is -0.488 e. The summed E-state index contributed by atoms with van der Waals surface area (Å²) in [4.78, 5) is 9.92. The molecule has 3 heterocycles. The first-order chi connectivity index (χ1) is 13.3. The fourth-order valence-corrected chi connectivity index (χ4v) is 3.45. The lowest BCUT2D eigenvalue weighted by Gasteiger charge is -2.16. The SMILES string of the molecule is Cc1c(OC(C)C)c(F)cc2[nH]nc(-c3cc(N4CC(F)C(F)C4)ncn3)c12. The van der Waals surface area contributed by atoms with Crippen LogP contribution in [-0.4, -0.2) is 51.7 Å². The average molecular weight is 391 g/mol. The molecule has 0 radical (unpaired) electrons. The van der Waals surface area contributed by atoms with Gasteiger partial charge in [-0.3, -0.25) is 5.10 Å². The molecule has 0 spiro atoms. The van der Waals surface area contributed by atoms with Crippen molar-refractivity contribution < 1.29 is 17.9 Å². The van der Waals surface area contributed by atoms with Crippen molar-refractivity contribution in [2.24, 2.45) is 0 Å². The number of alkyl halides is 2. The van der Waals surface area contributed by atoms with Crippen LogP contribution in [0.4, 0.5) is 19.0 Å². The van der Waals surface area contributed by atoms with Crippen LogP contribution in [0.1, 0.15) is 19.4 Å². The molecule has 2 unspecified atom stereocenters. The highest BCUT2D eigenvalue weighted by Gasteiger charge is 2.33. The van der Waals surface area contributed by atoms with E-state index in [0.717, 1.165) is 0 Å². The number of hydrogen-bond donors (Lipinski definition) is 1. The molecule has 4 rings (SSSR count). The Balaban J connectivity index is 1.79. The zero-order valence-electron chi connectivity index (χ0n) is 15.7. The Bertz CT molecular complexity index is 1010. The second-order valence-corrected chi connectivity index (χ2v) is 7.17. The van der Waals surface area contributed by atoms with Crippen LogP contribution >= 0.6 is 0 Å². The highest BCUT2D eigenvalue weighted by Crippen LogP contribution is 2.36. The van der Waals surface area contributed by atoms with Gasteiger partial charge in [-0.05, 0) is 20.8 Å². The maximum atomic E-state index is 14.4. The molecular weight excluding hydrogens is 371 g/mol. The van der Waals surface area contributed by atoms with Crippen LogP contribution in [0.25, 0.3) is 22.3 Å². The molecule has 9 heteroatoms. The van der Waals surface area contributed by atoms with Gasteiger partial charge in [0.15, 0.2) is 23.9 Å². The Hall–Kier alpha value is -2.84. The lowest BCUT2D eigenvalue weighted by Crippen LogP contribution is -2.21. The molecular formula is C19H20F3N5O. The third kappa shape index (κ3) is 3.14. The van der Waals surface area contributed by atoms with Crippen molar-refractivity contribution in [1.29, 1.82) is 0 Å². The molecule has 2 atom stereocenters. The number of hydrogen-bond acceptors (Lipinski definition) is 5. The number of fused-ring (bicyclic) bond motifs is 1. The van der Waals surface area contributed by atoms with Crippen molar-refractivity contribution in [3.63, 3.8) is 0 Å². The second kappa shape index (κ2) is 6.96. The molecule has 1 aromatic carbocycles. The number of rotatable bonds is 4. The zero-order valence-corrected chi connectivity index (χ0v) is 15.7. The van der Waals surface area contributed by atoms with Crippen molar-refractivity contribution in [1.82, 2.24) is 20.2 Å². The summed E-state index contributed by atoms with van der Waals surface area (Å²) in [5.41, 5.74) is 2.08. The molecule has 6 nitrogen and oxygen atoms in total. The van der Waals surface area contributed by atoms with Gasteiger partial charge in [-0.1, -0.05) is 0 Å². The third-order valence-corrected chi connectivity index (χ3v) is 4.75. The quantitative estimate of drug-likeness (QED) is 0.734. The van der Waals surface area contributed by atoms with E-state index in [4.69, 9.17) is 4.74 Å². The van der Waals surface area contributed by atoms with Gasteiger partial charge in [-0.15, -0.1) is 0 Å². The number of benzene rings is 1. The molecule has 28 heavy (non-hydrogen) atoms. The normalized spacial score (nSPS) is 19.8. The van der Waals surface area contributed by atoms with E-state index in [1.165, 1.54) is 17.3 Å². The third-order valence-electron chi connectivity index (χ3n) is 4.75. The summed E-state index contributed by atoms with van der Waals surface area (Å²) in [6.45, 7) is 5.28. The molecule has 0 aliphatic carbocycles. The number of H-pyrrole nitrogens is 1. The van der Waals surface area contributed by atoms with Gasteiger partial charge in [-0.25, -0.2) is 23.1 Å². The molecule has 1 aliphatic rings. The van der Waals surface area contributed by atoms with Crippen LogP contribution in [-0.2, 0) is 0 Å². The highest BCUT2D eigenvalue weighted by molar-refractivity contribution is 5.96. The molecule has 0 amide bonds. The van der Waals surface area contributed by atoms with Gasteiger partial charge in [0.25, 0.3) is 0 Å². The summed E-state index contributed by atoms with van der Waals surface area (Å²) in [5.74, 6) is 0.110. The minimum absolute atomic E-state index is 0.0600. The number of anilines is 1. The monoisotopic (exact) mass is 391 g/mol. The topological polar surface area (TPSA) is 66.9 Å². The number of aromatic nitrogens is 4. The van der Waals surface area contributed by atoms with E-state index in [9.17, 15) is 13.2 Å². The van der Waals surface area contributed by atoms with E-state index in [1.54, 1.807) is 13.0 Å². The van der Waals surface area contributed by atoms with Crippen molar-refractivity contribution in [2.45, 2.75) is 39.2 Å². The number of ether oxygens (including phenoxy) is 1. The van der Waals surface area contributed by atoms with Crippen LogP contribution in [0, 0.1) is 12.7 Å². The summed E-state index contributed by atoms with van der Waals surface area (Å²) in [5, 5.41) is 7.77. The first-order valence-electron chi connectivity index (χ1n) is 9.04. The first-order valence-corrected chi connectivity index (χ1v) is 9.04. The summed E-state index contributed by atoms with van der Waals surface area (Å²) in [6.07, 6.45) is -1.94. The molecule has 0 bridgehead atoms. The summed E-state index contributed by atoms with van der Waals surface area (Å²) in [7, 11) is 0. The van der Waals surface area contributed by atoms with Crippen molar-refractivity contribution in [3.8, 4) is 17.1 Å². The Morgan fingerprint density at radius 1 is 1.18 bits per heavy atom. The molecule has 1 aliphatic heterocycles. The summed E-state index contributed by atoms with van der Waals surface area (Å²) in [6, 6.07) is 2.96. The maximum absolute atomic E-state index is 14.4. The van der Waals surface area contributed by atoms with Crippen LogP contribution in [0.3, 0.4) is 0 Å². The first kappa shape index (κ1) is 18.5. The predicted molar refractivity (Wildman–Crippen MR) is 99.6 cm³/mol. The second-order valence-electron chi connectivity index (χ2n) is 7.17. The van der Waals surface area contributed by atoms with E-state index in [0.29, 0.717) is 33.7 Å². The number of nitrogens with zero attached hydrogens (tertiary/aromatic N) is 4. The molecule has 148 valence electrons. The van der Waals surface area contributed by atoms with E-state index < -0.39 is 18.2 Å². The van der Waals surface area contributed by atoms with Gasteiger partial charge in [0.05, 0.1) is 30.4 Å². The summed E-state index contributed by atoms with van der Waals surface area (Å²) < 4.78 is 47.1. The fourth-order valence-electron chi connectivity index (χ4n) is 3.45. The minimum atomic E-state index is -1.54. The van der Waals surface area contributed by atoms with Crippen LogP contribution in [0.2, 0.25) is 0 Å². The standard InChI is InChI=1S/C19H20F3N5O/c1-9(2)28-19-10(3)17-14(4-11(19)20)25-26-18(17)15-5-16(24-8-23-15)27-6-12(21)13(22)7-27/h4-5,8-9,12-13H,6-7H2,1-3H3,(H,25,26). The lowest BCUT2D eigenvalue weighted by molar-refractivity contribution is 0.217. The van der Waals surface area contributed by atoms with Crippen molar-refractivity contribution in [2.75, 3.05) is 18.0 Å². The van der Waals surface area contributed by atoms with Gasteiger partial charge in [0.2, 0.25) is 0 Å². The Morgan fingerprint density at radius 2 is 1.89 bits per heavy atom. The van der Waals surface area contributed by atoms with Gasteiger partial charge < -0.3 is 9.64 Å². The maximum Gasteiger partial charge on any atom is 0.167 e. The lowest BCUT2D eigenvalue weighted by atomic mass is 10.1. The van der Waals surface area contributed by atoms with E-state index in [2.05, 4.69) is 20.2 Å². The van der Waals surface area contributed by atoms with Crippen LogP contribution in [0.15, 0.2) is 18.5 Å². The zero-order chi connectivity index (χ0) is 20.0. The number of aromatic amines is 1. The molecule has 1 N–H and O–H groups in total. The predicted octanol–water partition coefficient (Wildman–Crippen LogP) is 3.75. The summed E-state index contributed by atoms with van der Waals surface area (Å²) >= 11 is 0. The molecule has 2 aromatic heterocycles. The largest absolute Gasteiger partial charge is 0.488 e. The van der Waals surface area contributed by atoms with Gasteiger partial charge in [0.1, 0.15) is 17.8 Å².